The minimum atomic E-state index is 0.124. The van der Waals surface area contributed by atoms with Gasteiger partial charge in [-0.15, -0.1) is 0 Å². The lowest BCUT2D eigenvalue weighted by Crippen LogP contribution is -2.02. The topological polar surface area (TPSA) is 96.3 Å². The van der Waals surface area contributed by atoms with Crippen LogP contribution in [0.5, 0.6) is 17.2 Å². The number of nitrogen functional groups attached to an aromatic ring is 2. The second-order valence-electron chi connectivity index (χ2n) is 6.46. The number of rotatable bonds is 2. The van der Waals surface area contributed by atoms with Crippen LogP contribution in [0, 0.1) is 0 Å². The average Bonchev–Trinajstić information content (AvgIpc) is 2.97. The summed E-state index contributed by atoms with van der Waals surface area (Å²) in [7, 11) is 0. The van der Waals surface area contributed by atoms with Crippen molar-refractivity contribution in [3.8, 4) is 17.2 Å². The molecule has 0 radical (unpaired) electrons. The Balaban J connectivity index is 0.000000659. The van der Waals surface area contributed by atoms with E-state index in [2.05, 4.69) is 46.7 Å². The lowest BCUT2D eigenvalue weighted by Gasteiger charge is -2.14. The average molecular weight is 431 g/mol. The zero-order valence-corrected chi connectivity index (χ0v) is 17.2. The molecule has 0 amide bonds. The maximum atomic E-state index is 6.11. The number of anilines is 2. The van der Waals surface area contributed by atoms with Gasteiger partial charge in [0, 0.05) is 22.0 Å². The van der Waals surface area contributed by atoms with E-state index in [4.69, 9.17) is 20.9 Å². The minimum Gasteiger partial charge on any atom is -0.492 e. The molecule has 142 valence electrons. The van der Waals surface area contributed by atoms with Gasteiger partial charge in [0.2, 0.25) is 5.95 Å². The van der Waals surface area contributed by atoms with Gasteiger partial charge in [0.15, 0.2) is 0 Å². The predicted octanol–water partition coefficient (Wildman–Crippen LogP) is 5.26. The highest BCUT2D eigenvalue weighted by Crippen LogP contribution is 2.47. The fourth-order valence-corrected chi connectivity index (χ4v) is 3.33. The summed E-state index contributed by atoms with van der Waals surface area (Å²) in [5.74, 6) is 2.72. The lowest BCUT2D eigenvalue weighted by molar-refractivity contribution is 0.340. The van der Waals surface area contributed by atoms with Gasteiger partial charge in [-0.05, 0) is 18.2 Å². The molecule has 0 fully saturated rings. The molecule has 1 aliphatic rings. The van der Waals surface area contributed by atoms with Crippen LogP contribution in [0.3, 0.4) is 0 Å². The van der Waals surface area contributed by atoms with Crippen molar-refractivity contribution < 1.29 is 9.47 Å². The molecule has 1 aromatic heterocycles. The SMILES string of the molecule is CC1COc2c1c(Oc1cccc(Br)c1)cc1nc(N)nc(N)c21.CCC. The van der Waals surface area contributed by atoms with Gasteiger partial charge in [-0.2, -0.15) is 4.98 Å². The third-order valence-electron chi connectivity index (χ3n) is 3.98. The summed E-state index contributed by atoms with van der Waals surface area (Å²) in [6, 6.07) is 9.50. The Kier molecular flexibility index (Phi) is 5.70. The number of nitrogens with two attached hydrogens (primary N) is 2. The normalized spacial score (nSPS) is 14.9. The Morgan fingerprint density at radius 3 is 2.67 bits per heavy atom. The van der Waals surface area contributed by atoms with Gasteiger partial charge in [-0.3, -0.25) is 0 Å². The zero-order valence-electron chi connectivity index (χ0n) is 15.6. The third-order valence-corrected chi connectivity index (χ3v) is 4.47. The van der Waals surface area contributed by atoms with E-state index >= 15 is 0 Å². The number of aromatic nitrogens is 2. The molecule has 3 aromatic rings. The number of hydrogen-bond donors (Lipinski definition) is 2. The molecule has 1 atom stereocenters. The number of benzene rings is 2. The van der Waals surface area contributed by atoms with Crippen LogP contribution in [0.2, 0.25) is 0 Å². The fraction of sp³-hybridized carbons (Fsp3) is 0.300. The molecule has 7 heteroatoms. The van der Waals surface area contributed by atoms with Crippen LogP contribution in [0.15, 0.2) is 34.8 Å². The van der Waals surface area contributed by atoms with Crippen LogP contribution in [0.1, 0.15) is 38.7 Å². The first-order valence-corrected chi connectivity index (χ1v) is 9.69. The quantitative estimate of drug-likeness (QED) is 0.575. The molecule has 27 heavy (non-hydrogen) atoms. The highest BCUT2D eigenvalue weighted by molar-refractivity contribution is 9.10. The van der Waals surface area contributed by atoms with Gasteiger partial charge in [0.1, 0.15) is 23.1 Å². The minimum absolute atomic E-state index is 0.124. The predicted molar refractivity (Wildman–Crippen MR) is 112 cm³/mol. The summed E-state index contributed by atoms with van der Waals surface area (Å²) in [4.78, 5) is 8.32. The van der Waals surface area contributed by atoms with E-state index in [1.807, 2.05) is 30.3 Å². The van der Waals surface area contributed by atoms with E-state index < -0.39 is 0 Å². The first kappa shape index (κ1) is 19.2. The van der Waals surface area contributed by atoms with Crippen molar-refractivity contribution in [2.75, 3.05) is 18.1 Å². The van der Waals surface area contributed by atoms with Crippen molar-refractivity contribution in [1.29, 1.82) is 0 Å². The van der Waals surface area contributed by atoms with E-state index in [1.165, 1.54) is 6.42 Å². The molecule has 2 aromatic carbocycles. The standard InChI is InChI=1S/C17H15BrN4O2.C3H8/c1-8-7-23-15-13(8)12(24-10-4-2-3-9(18)5-10)6-11-14(15)16(19)22-17(20)21-11;1-3-2/h2-6,8H,7H2,1H3,(H4,19,20,21,22);3H2,1-2H3. The molecule has 0 aliphatic carbocycles. The summed E-state index contributed by atoms with van der Waals surface area (Å²) in [6.07, 6.45) is 1.25. The Bertz CT molecular complexity index is 978. The Labute approximate surface area is 167 Å². The summed E-state index contributed by atoms with van der Waals surface area (Å²) in [5.41, 5.74) is 13.4. The molecular weight excluding hydrogens is 408 g/mol. The van der Waals surface area contributed by atoms with Crippen LogP contribution in [0.25, 0.3) is 10.9 Å². The van der Waals surface area contributed by atoms with Gasteiger partial charge in [0.25, 0.3) is 0 Å². The van der Waals surface area contributed by atoms with Gasteiger partial charge in [0.05, 0.1) is 17.5 Å². The van der Waals surface area contributed by atoms with Crippen molar-refractivity contribution in [2.45, 2.75) is 33.1 Å². The molecule has 6 nitrogen and oxygen atoms in total. The van der Waals surface area contributed by atoms with Crippen molar-refractivity contribution in [3.63, 3.8) is 0 Å². The van der Waals surface area contributed by atoms with Crippen molar-refractivity contribution in [3.05, 3.63) is 40.4 Å². The molecule has 0 spiro atoms. The van der Waals surface area contributed by atoms with E-state index in [9.17, 15) is 0 Å². The number of halogens is 1. The fourth-order valence-electron chi connectivity index (χ4n) is 2.95. The van der Waals surface area contributed by atoms with Crippen molar-refractivity contribution in [1.82, 2.24) is 9.97 Å². The van der Waals surface area contributed by atoms with Crippen LogP contribution in [0.4, 0.5) is 11.8 Å². The molecule has 0 saturated carbocycles. The Morgan fingerprint density at radius 2 is 1.96 bits per heavy atom. The summed E-state index contributed by atoms with van der Waals surface area (Å²) in [6.45, 7) is 6.90. The molecule has 1 unspecified atom stereocenters. The van der Waals surface area contributed by atoms with Gasteiger partial charge < -0.3 is 20.9 Å². The van der Waals surface area contributed by atoms with E-state index in [0.29, 0.717) is 34.8 Å². The van der Waals surface area contributed by atoms with E-state index in [-0.39, 0.29) is 11.9 Å². The van der Waals surface area contributed by atoms with E-state index in [1.54, 1.807) is 0 Å². The maximum absolute atomic E-state index is 6.11. The molecular formula is C20H23BrN4O2. The summed E-state index contributed by atoms with van der Waals surface area (Å²) < 4.78 is 12.9. The van der Waals surface area contributed by atoms with Crippen LogP contribution in [-0.2, 0) is 0 Å². The van der Waals surface area contributed by atoms with Crippen molar-refractivity contribution >= 4 is 38.6 Å². The molecule has 4 N–H and O–H groups in total. The van der Waals surface area contributed by atoms with Gasteiger partial charge in [-0.1, -0.05) is 49.2 Å². The Hall–Kier alpha value is -2.54. The number of fused-ring (bicyclic) bond motifs is 3. The summed E-state index contributed by atoms with van der Waals surface area (Å²) in [5, 5.41) is 0.685. The smallest absolute Gasteiger partial charge is 0.222 e. The second-order valence-corrected chi connectivity index (χ2v) is 7.37. The number of ether oxygens (including phenoxy) is 2. The van der Waals surface area contributed by atoms with Gasteiger partial charge >= 0.3 is 0 Å². The zero-order chi connectivity index (χ0) is 19.6. The van der Waals surface area contributed by atoms with Crippen LogP contribution < -0.4 is 20.9 Å². The highest BCUT2D eigenvalue weighted by Gasteiger charge is 2.29. The lowest BCUT2D eigenvalue weighted by atomic mass is 9.99. The van der Waals surface area contributed by atoms with E-state index in [0.717, 1.165) is 15.8 Å². The largest absolute Gasteiger partial charge is 0.492 e. The van der Waals surface area contributed by atoms with Crippen LogP contribution >= 0.6 is 15.9 Å². The molecule has 0 saturated heterocycles. The second kappa shape index (κ2) is 8.00. The molecule has 2 heterocycles. The highest BCUT2D eigenvalue weighted by atomic mass is 79.9. The van der Waals surface area contributed by atoms with Crippen molar-refractivity contribution in [2.24, 2.45) is 0 Å². The molecule has 0 bridgehead atoms. The molecule has 4 rings (SSSR count). The van der Waals surface area contributed by atoms with Crippen LogP contribution in [-0.4, -0.2) is 16.6 Å². The third kappa shape index (κ3) is 3.93. The van der Waals surface area contributed by atoms with Gasteiger partial charge in [-0.25, -0.2) is 4.98 Å². The summed E-state index contributed by atoms with van der Waals surface area (Å²) >= 11 is 3.45. The monoisotopic (exact) mass is 430 g/mol. The number of hydrogen-bond acceptors (Lipinski definition) is 6. The Morgan fingerprint density at radius 1 is 1.22 bits per heavy atom. The maximum Gasteiger partial charge on any atom is 0.222 e. The number of nitrogens with zero attached hydrogens (tertiary/aromatic N) is 2. The molecule has 1 aliphatic heterocycles. The first-order valence-electron chi connectivity index (χ1n) is 8.90. The first-order chi connectivity index (χ1) is 12.9.